The number of anilines is 1. The number of nitrogens with one attached hydrogen (secondary N) is 1. The lowest BCUT2D eigenvalue weighted by atomic mass is 10.2. The molecule has 1 aromatic carbocycles. The van der Waals surface area contributed by atoms with Gasteiger partial charge in [-0.1, -0.05) is 22.9 Å². The van der Waals surface area contributed by atoms with Gasteiger partial charge in [-0.25, -0.2) is 4.98 Å². The van der Waals surface area contributed by atoms with Crippen LogP contribution in [0.25, 0.3) is 0 Å². The maximum Gasteiger partial charge on any atom is 0.204 e. The first-order chi connectivity index (χ1) is 11.0. The summed E-state index contributed by atoms with van der Waals surface area (Å²) in [5, 5.41) is 5.08. The van der Waals surface area contributed by atoms with E-state index in [1.165, 1.54) is 32.5 Å². The molecule has 0 saturated heterocycles. The first kappa shape index (κ1) is 17.2. The minimum atomic E-state index is -0.0105. The number of hydrogen-bond donors (Lipinski definition) is 1. The lowest BCUT2D eigenvalue weighted by Gasteiger charge is -2.09. The number of Topliss-reactive ketones (excluding diaryl/α,β-unsaturated/α-hetero) is 1. The molecule has 0 bridgehead atoms. The van der Waals surface area contributed by atoms with Gasteiger partial charge in [-0.15, -0.1) is 0 Å². The SMILES string of the molecule is COc1cc(/C=N\Nc2nc(C)c(C(C)=O)s2)cc(Cl)c1OC. The van der Waals surface area contributed by atoms with Crippen LogP contribution in [0.1, 0.15) is 27.9 Å². The summed E-state index contributed by atoms with van der Waals surface area (Å²) in [6, 6.07) is 3.46. The molecule has 0 saturated carbocycles. The summed E-state index contributed by atoms with van der Waals surface area (Å²) in [7, 11) is 3.06. The number of methoxy groups -OCH3 is 2. The van der Waals surface area contributed by atoms with Crippen molar-refractivity contribution in [2.24, 2.45) is 5.10 Å². The highest BCUT2D eigenvalue weighted by Crippen LogP contribution is 2.35. The number of hydrazone groups is 1. The minimum absolute atomic E-state index is 0.0105. The molecule has 0 aliphatic carbocycles. The molecule has 1 aromatic heterocycles. The molecule has 8 heteroatoms. The van der Waals surface area contributed by atoms with E-state index >= 15 is 0 Å². The third kappa shape index (κ3) is 4.00. The second kappa shape index (κ2) is 7.43. The largest absolute Gasteiger partial charge is 0.493 e. The van der Waals surface area contributed by atoms with Crippen molar-refractivity contribution in [3.05, 3.63) is 33.3 Å². The Balaban J connectivity index is 2.16. The first-order valence-electron chi connectivity index (χ1n) is 6.65. The van der Waals surface area contributed by atoms with Crippen LogP contribution in [-0.4, -0.2) is 31.2 Å². The van der Waals surface area contributed by atoms with Crippen molar-refractivity contribution >= 4 is 40.1 Å². The van der Waals surface area contributed by atoms with Gasteiger partial charge in [0, 0.05) is 6.92 Å². The molecule has 0 aliphatic rings. The molecule has 1 heterocycles. The summed E-state index contributed by atoms with van der Waals surface area (Å²) in [4.78, 5) is 16.3. The number of carbonyl (C=O) groups excluding carboxylic acids is 1. The topological polar surface area (TPSA) is 72.8 Å². The van der Waals surface area contributed by atoms with Crippen molar-refractivity contribution in [1.82, 2.24) is 4.98 Å². The molecule has 122 valence electrons. The van der Waals surface area contributed by atoms with Crippen LogP contribution >= 0.6 is 22.9 Å². The number of ketones is 1. The molecule has 0 fully saturated rings. The fourth-order valence-corrected chi connectivity index (χ4v) is 3.05. The zero-order valence-electron chi connectivity index (χ0n) is 13.1. The summed E-state index contributed by atoms with van der Waals surface area (Å²) < 4.78 is 10.4. The van der Waals surface area contributed by atoms with Crippen molar-refractivity contribution in [3.63, 3.8) is 0 Å². The monoisotopic (exact) mass is 353 g/mol. The van der Waals surface area contributed by atoms with Gasteiger partial charge in [0.2, 0.25) is 5.13 Å². The fraction of sp³-hybridized carbons (Fsp3) is 0.267. The zero-order valence-corrected chi connectivity index (χ0v) is 14.7. The van der Waals surface area contributed by atoms with Crippen molar-refractivity contribution in [3.8, 4) is 11.5 Å². The Hall–Kier alpha value is -2.12. The highest BCUT2D eigenvalue weighted by Gasteiger charge is 2.11. The summed E-state index contributed by atoms with van der Waals surface area (Å²) >= 11 is 7.40. The standard InChI is InChI=1S/C15H16ClN3O3S/c1-8-14(9(2)20)23-15(18-8)19-17-7-10-5-11(16)13(22-4)12(6-10)21-3/h5-7H,1-4H3,(H,18,19)/b17-7-. The van der Waals surface area contributed by atoms with Crippen molar-refractivity contribution in [1.29, 1.82) is 0 Å². The van der Waals surface area contributed by atoms with Crippen LogP contribution in [-0.2, 0) is 0 Å². The number of aromatic nitrogens is 1. The number of thiazole rings is 1. The molecule has 2 aromatic rings. The van der Waals surface area contributed by atoms with E-state index in [-0.39, 0.29) is 5.78 Å². The van der Waals surface area contributed by atoms with Crippen LogP contribution in [0.4, 0.5) is 5.13 Å². The average Bonchev–Trinajstić information content (AvgIpc) is 2.87. The highest BCUT2D eigenvalue weighted by atomic mass is 35.5. The quantitative estimate of drug-likeness (QED) is 0.486. The number of rotatable bonds is 6. The molecule has 6 nitrogen and oxygen atoms in total. The average molecular weight is 354 g/mol. The number of carbonyl (C=O) groups is 1. The number of aryl methyl sites for hydroxylation is 1. The van der Waals surface area contributed by atoms with Crippen LogP contribution < -0.4 is 14.9 Å². The lowest BCUT2D eigenvalue weighted by molar-refractivity contribution is 0.102. The van der Waals surface area contributed by atoms with Gasteiger partial charge in [-0.05, 0) is 24.6 Å². The molecule has 1 N–H and O–H groups in total. The van der Waals surface area contributed by atoms with Gasteiger partial charge in [0.1, 0.15) is 0 Å². The summed E-state index contributed by atoms with van der Waals surface area (Å²) in [6.45, 7) is 3.30. The molecular formula is C15H16ClN3O3S. The van der Waals surface area contributed by atoms with E-state index in [0.717, 1.165) is 5.56 Å². The highest BCUT2D eigenvalue weighted by molar-refractivity contribution is 7.17. The van der Waals surface area contributed by atoms with Crippen LogP contribution in [0, 0.1) is 6.92 Å². The smallest absolute Gasteiger partial charge is 0.204 e. The van der Waals surface area contributed by atoms with Gasteiger partial charge in [0.05, 0.1) is 36.0 Å². The Morgan fingerprint density at radius 2 is 2.13 bits per heavy atom. The van der Waals surface area contributed by atoms with Crippen LogP contribution in [0.15, 0.2) is 17.2 Å². The van der Waals surface area contributed by atoms with Gasteiger partial charge in [-0.2, -0.15) is 5.10 Å². The Kier molecular flexibility index (Phi) is 5.57. The van der Waals surface area contributed by atoms with Gasteiger partial charge < -0.3 is 9.47 Å². The van der Waals surface area contributed by atoms with Crippen LogP contribution in [0.5, 0.6) is 11.5 Å². The molecule has 0 unspecified atom stereocenters. The zero-order chi connectivity index (χ0) is 17.0. The van der Waals surface area contributed by atoms with Gasteiger partial charge in [0.25, 0.3) is 0 Å². The maximum atomic E-state index is 11.4. The van der Waals surface area contributed by atoms with E-state index in [4.69, 9.17) is 21.1 Å². The Morgan fingerprint density at radius 1 is 1.39 bits per heavy atom. The normalized spacial score (nSPS) is 10.8. The fourth-order valence-electron chi connectivity index (χ4n) is 1.95. The van der Waals surface area contributed by atoms with Gasteiger partial charge >= 0.3 is 0 Å². The van der Waals surface area contributed by atoms with Gasteiger partial charge in [0.15, 0.2) is 17.3 Å². The number of hydrogen-bond acceptors (Lipinski definition) is 7. The summed E-state index contributed by atoms with van der Waals surface area (Å²) in [5.41, 5.74) is 4.23. The molecule has 2 rings (SSSR count). The van der Waals surface area contributed by atoms with Crippen molar-refractivity contribution < 1.29 is 14.3 Å². The van der Waals surface area contributed by atoms with E-state index in [0.29, 0.717) is 32.2 Å². The van der Waals surface area contributed by atoms with E-state index in [1.54, 1.807) is 25.3 Å². The Bertz CT molecular complexity index is 759. The molecule has 0 atom stereocenters. The molecule has 0 radical (unpaired) electrons. The number of benzene rings is 1. The third-order valence-electron chi connectivity index (χ3n) is 2.95. The number of nitrogens with zero attached hydrogens (tertiary/aromatic N) is 2. The molecule has 23 heavy (non-hydrogen) atoms. The molecule has 0 aliphatic heterocycles. The predicted octanol–water partition coefficient (Wildman–Crippen LogP) is 3.77. The molecule has 0 amide bonds. The Labute approximate surface area is 143 Å². The summed E-state index contributed by atoms with van der Waals surface area (Å²) in [5.74, 6) is 0.982. The second-order valence-corrected chi connectivity index (χ2v) is 6.00. The third-order valence-corrected chi connectivity index (χ3v) is 4.39. The maximum absolute atomic E-state index is 11.4. The number of ether oxygens (including phenoxy) is 2. The lowest BCUT2D eigenvalue weighted by Crippen LogP contribution is -1.95. The minimum Gasteiger partial charge on any atom is -0.493 e. The second-order valence-electron chi connectivity index (χ2n) is 4.60. The van der Waals surface area contributed by atoms with Gasteiger partial charge in [-0.3, -0.25) is 10.2 Å². The van der Waals surface area contributed by atoms with Crippen molar-refractivity contribution in [2.75, 3.05) is 19.6 Å². The van der Waals surface area contributed by atoms with E-state index in [9.17, 15) is 4.79 Å². The van der Waals surface area contributed by atoms with E-state index in [2.05, 4.69) is 15.5 Å². The summed E-state index contributed by atoms with van der Waals surface area (Å²) in [6.07, 6.45) is 1.58. The van der Waals surface area contributed by atoms with Crippen LogP contribution in [0.2, 0.25) is 5.02 Å². The first-order valence-corrected chi connectivity index (χ1v) is 7.84. The Morgan fingerprint density at radius 3 is 2.70 bits per heavy atom. The molecule has 0 spiro atoms. The number of halogens is 1. The predicted molar refractivity (Wildman–Crippen MR) is 92.6 cm³/mol. The molecular weight excluding hydrogens is 338 g/mol. The van der Waals surface area contributed by atoms with Crippen LogP contribution in [0.3, 0.4) is 0 Å². The van der Waals surface area contributed by atoms with E-state index < -0.39 is 0 Å². The van der Waals surface area contributed by atoms with E-state index in [1.807, 2.05) is 0 Å². The van der Waals surface area contributed by atoms with Crippen molar-refractivity contribution in [2.45, 2.75) is 13.8 Å².